The number of hydrogen-bond acceptors (Lipinski definition) is 4. The third-order valence-corrected chi connectivity index (χ3v) is 7.31. The van der Waals surface area contributed by atoms with Crippen LogP contribution in [-0.4, -0.2) is 5.04 Å². The second-order valence-electron chi connectivity index (χ2n) is 6.53. The van der Waals surface area contributed by atoms with Crippen LogP contribution in [0.25, 0.3) is 0 Å². The van der Waals surface area contributed by atoms with Crippen LogP contribution in [0.15, 0.2) is 73.4 Å². The fourth-order valence-corrected chi connectivity index (χ4v) is 5.02. The Morgan fingerprint density at radius 3 is 2.62 bits per heavy atom. The second kappa shape index (κ2) is 7.34. The average molecular weight is 372 g/mol. The minimum atomic E-state index is 0.0960. The van der Waals surface area contributed by atoms with E-state index in [4.69, 9.17) is 4.99 Å². The highest BCUT2D eigenvalue weighted by Gasteiger charge is 2.32. The summed E-state index contributed by atoms with van der Waals surface area (Å²) in [6.45, 7) is 10.9. The molecule has 0 spiro atoms. The van der Waals surface area contributed by atoms with Gasteiger partial charge in [0.25, 0.3) is 0 Å². The number of thiophene rings is 1. The van der Waals surface area contributed by atoms with Crippen molar-refractivity contribution in [2.75, 3.05) is 0 Å². The molecule has 124 valence electrons. The zero-order chi connectivity index (χ0) is 17.2. The molecule has 0 atom stereocenters. The highest BCUT2D eigenvalue weighted by molar-refractivity contribution is 8.18. The Morgan fingerprint density at radius 2 is 1.96 bits per heavy atom. The smallest absolute Gasteiger partial charge is 0.105 e. The van der Waals surface area contributed by atoms with Crippen molar-refractivity contribution in [3.8, 4) is 0 Å². The molecule has 3 rings (SSSR count). The van der Waals surface area contributed by atoms with Crippen LogP contribution in [0.2, 0.25) is 0 Å². The fraction of sp³-hybridized carbons (Fsp3) is 0.250. The quantitative estimate of drug-likeness (QED) is 0.520. The van der Waals surface area contributed by atoms with Crippen molar-refractivity contribution in [2.45, 2.75) is 31.4 Å². The molecule has 24 heavy (non-hydrogen) atoms. The van der Waals surface area contributed by atoms with Crippen molar-refractivity contribution in [1.82, 2.24) is 0 Å². The van der Waals surface area contributed by atoms with Gasteiger partial charge in [0.2, 0.25) is 0 Å². The molecule has 0 bridgehead atoms. The van der Waals surface area contributed by atoms with Gasteiger partial charge < -0.3 is 0 Å². The number of rotatable bonds is 3. The zero-order valence-corrected chi connectivity index (χ0v) is 16.7. The van der Waals surface area contributed by atoms with Crippen LogP contribution < -0.4 is 0 Å². The lowest BCUT2D eigenvalue weighted by Gasteiger charge is -2.33. The number of hydrogen-bond donors (Lipinski definition) is 0. The Bertz CT molecular complexity index is 781. The SMILES string of the molecule is C=C1SC(=Nc2ccc(C)cc2)/C(=C/Sc2cccs2)CC1(C)C. The predicted octanol–water partition coefficient (Wildman–Crippen LogP) is 7.44. The average Bonchev–Trinajstić information content (AvgIpc) is 3.05. The Morgan fingerprint density at radius 1 is 1.21 bits per heavy atom. The number of aryl methyl sites for hydroxylation is 1. The summed E-state index contributed by atoms with van der Waals surface area (Å²) in [6, 6.07) is 12.6. The lowest BCUT2D eigenvalue weighted by molar-refractivity contribution is 0.472. The Balaban J connectivity index is 1.92. The molecule has 2 aromatic rings. The Kier molecular flexibility index (Phi) is 5.38. The maximum Gasteiger partial charge on any atom is 0.105 e. The van der Waals surface area contributed by atoms with Crippen molar-refractivity contribution < 1.29 is 0 Å². The summed E-state index contributed by atoms with van der Waals surface area (Å²) >= 11 is 5.27. The third kappa shape index (κ3) is 4.24. The molecule has 2 heterocycles. The normalized spacial score (nSPS) is 20.7. The van der Waals surface area contributed by atoms with Crippen molar-refractivity contribution >= 4 is 45.6 Å². The molecule has 0 N–H and O–H groups in total. The number of aliphatic imine (C=N–C) groups is 1. The molecule has 1 aliphatic rings. The van der Waals surface area contributed by atoms with Gasteiger partial charge in [-0.2, -0.15) is 0 Å². The summed E-state index contributed by atoms with van der Waals surface area (Å²) in [4.78, 5) is 6.08. The van der Waals surface area contributed by atoms with Gasteiger partial charge in [0.1, 0.15) is 5.04 Å². The number of nitrogens with zero attached hydrogens (tertiary/aromatic N) is 1. The van der Waals surface area contributed by atoms with E-state index in [1.807, 2.05) is 0 Å². The standard InChI is InChI=1S/C20H21NS3/c1-14-7-9-17(10-8-14)21-19-16(12-20(3,4)15(2)24-19)13-23-18-6-5-11-22-18/h5-11,13H,2,12H2,1,3-4H3/b16-13+,21-19?. The van der Waals surface area contributed by atoms with Gasteiger partial charge in [0.05, 0.1) is 9.90 Å². The Labute approximate surface area is 157 Å². The number of allylic oxidation sites excluding steroid dienone is 1. The largest absolute Gasteiger partial charge is 0.241 e. The summed E-state index contributed by atoms with van der Waals surface area (Å²) in [5, 5.41) is 5.45. The van der Waals surface area contributed by atoms with Crippen LogP contribution >= 0.6 is 34.9 Å². The molecule has 1 saturated heterocycles. The van der Waals surface area contributed by atoms with Crippen LogP contribution in [0, 0.1) is 12.3 Å². The van der Waals surface area contributed by atoms with E-state index in [1.165, 1.54) is 20.3 Å². The molecule has 0 unspecified atom stereocenters. The predicted molar refractivity (Wildman–Crippen MR) is 112 cm³/mol. The molecular weight excluding hydrogens is 350 g/mol. The first-order valence-electron chi connectivity index (χ1n) is 7.86. The zero-order valence-electron chi connectivity index (χ0n) is 14.2. The van der Waals surface area contributed by atoms with Crippen molar-refractivity contribution in [3.63, 3.8) is 0 Å². The molecule has 0 amide bonds. The van der Waals surface area contributed by atoms with Gasteiger partial charge in [0, 0.05) is 0 Å². The Hall–Kier alpha value is -1.23. The lowest BCUT2D eigenvalue weighted by Crippen LogP contribution is -2.22. The van der Waals surface area contributed by atoms with Crippen molar-refractivity contribution in [3.05, 3.63) is 69.8 Å². The molecule has 4 heteroatoms. The van der Waals surface area contributed by atoms with Crippen molar-refractivity contribution in [2.24, 2.45) is 10.4 Å². The molecule has 0 radical (unpaired) electrons. The minimum Gasteiger partial charge on any atom is -0.241 e. The van der Waals surface area contributed by atoms with E-state index >= 15 is 0 Å². The molecule has 1 nitrogen and oxygen atoms in total. The van der Waals surface area contributed by atoms with Crippen molar-refractivity contribution in [1.29, 1.82) is 0 Å². The van der Waals surface area contributed by atoms with E-state index < -0.39 is 0 Å². The summed E-state index contributed by atoms with van der Waals surface area (Å²) in [5.41, 5.74) is 3.66. The maximum absolute atomic E-state index is 4.90. The van der Waals surface area contributed by atoms with E-state index in [2.05, 4.69) is 74.5 Å². The monoisotopic (exact) mass is 371 g/mol. The van der Waals surface area contributed by atoms with Crippen LogP contribution in [0.5, 0.6) is 0 Å². The molecular formula is C20H21NS3. The van der Waals surface area contributed by atoms with Gasteiger partial charge in [-0.3, -0.25) is 0 Å². The van der Waals surface area contributed by atoms with E-state index in [-0.39, 0.29) is 5.41 Å². The van der Waals surface area contributed by atoms with Crippen LogP contribution in [0.4, 0.5) is 5.69 Å². The van der Waals surface area contributed by atoms with Gasteiger partial charge in [0.15, 0.2) is 0 Å². The first kappa shape index (κ1) is 17.6. The van der Waals surface area contributed by atoms with E-state index in [0.717, 1.165) is 17.2 Å². The number of benzene rings is 1. The second-order valence-corrected chi connectivity index (χ2v) is 9.73. The first-order valence-corrected chi connectivity index (χ1v) is 10.4. The van der Waals surface area contributed by atoms with E-state index in [0.29, 0.717) is 0 Å². The molecule has 0 saturated carbocycles. The highest BCUT2D eigenvalue weighted by Crippen LogP contribution is 2.48. The van der Waals surface area contributed by atoms with Crippen LogP contribution in [0.3, 0.4) is 0 Å². The van der Waals surface area contributed by atoms with Crippen LogP contribution in [0.1, 0.15) is 25.8 Å². The van der Waals surface area contributed by atoms with Gasteiger partial charge in [-0.25, -0.2) is 4.99 Å². The molecule has 1 aliphatic heterocycles. The third-order valence-electron chi connectivity index (χ3n) is 3.96. The molecule has 1 fully saturated rings. The summed E-state index contributed by atoms with van der Waals surface area (Å²) in [6.07, 6.45) is 0.974. The van der Waals surface area contributed by atoms with Gasteiger partial charge in [-0.05, 0) is 58.2 Å². The van der Waals surface area contributed by atoms with E-state index in [1.54, 1.807) is 34.9 Å². The molecule has 0 aliphatic carbocycles. The summed E-state index contributed by atoms with van der Waals surface area (Å²) in [7, 11) is 0. The van der Waals surface area contributed by atoms with Gasteiger partial charge >= 0.3 is 0 Å². The van der Waals surface area contributed by atoms with Gasteiger partial charge in [-0.15, -0.1) is 11.3 Å². The van der Waals surface area contributed by atoms with Gasteiger partial charge in [-0.1, -0.05) is 67.7 Å². The first-order chi connectivity index (χ1) is 11.4. The summed E-state index contributed by atoms with van der Waals surface area (Å²) in [5.74, 6) is 0. The molecule has 1 aromatic carbocycles. The minimum absolute atomic E-state index is 0.0960. The molecule has 1 aromatic heterocycles. The fourth-order valence-electron chi connectivity index (χ4n) is 2.35. The topological polar surface area (TPSA) is 12.4 Å². The summed E-state index contributed by atoms with van der Waals surface area (Å²) < 4.78 is 1.31. The van der Waals surface area contributed by atoms with Crippen LogP contribution in [-0.2, 0) is 0 Å². The number of thioether (sulfide) groups is 2. The highest BCUT2D eigenvalue weighted by atomic mass is 32.2. The maximum atomic E-state index is 4.90. The lowest BCUT2D eigenvalue weighted by atomic mass is 9.85. The van der Waals surface area contributed by atoms with E-state index in [9.17, 15) is 0 Å².